The van der Waals surface area contributed by atoms with E-state index in [1.54, 1.807) is 0 Å². The molecule has 0 aromatic carbocycles. The van der Waals surface area contributed by atoms with Crippen LogP contribution in [0.4, 0.5) is 5.69 Å². The molecule has 9 heteroatoms. The van der Waals surface area contributed by atoms with Gasteiger partial charge in [-0.1, -0.05) is 25.4 Å². The van der Waals surface area contributed by atoms with Gasteiger partial charge in [-0.25, -0.2) is 8.42 Å². The molecule has 2 rings (SSSR count). The van der Waals surface area contributed by atoms with E-state index in [-0.39, 0.29) is 19.6 Å². The van der Waals surface area contributed by atoms with E-state index in [0.29, 0.717) is 13.1 Å². The van der Waals surface area contributed by atoms with Gasteiger partial charge in [-0.2, -0.15) is 4.31 Å². The molecule has 1 aliphatic heterocycles. The lowest BCUT2D eigenvalue weighted by Gasteiger charge is -2.25. The van der Waals surface area contributed by atoms with Crippen LogP contribution >= 0.6 is 22.9 Å². The molecule has 118 valence electrons. The first-order valence-electron chi connectivity index (χ1n) is 6.69. The molecule has 0 bridgehead atoms. The van der Waals surface area contributed by atoms with E-state index in [1.165, 1.54) is 4.31 Å². The van der Waals surface area contributed by atoms with Crippen molar-refractivity contribution in [3.8, 4) is 0 Å². The van der Waals surface area contributed by atoms with Crippen LogP contribution in [0.25, 0.3) is 0 Å². The minimum Gasteiger partial charge on any atom is -0.258 e. The molecule has 1 aromatic rings. The van der Waals surface area contributed by atoms with Gasteiger partial charge < -0.3 is 0 Å². The summed E-state index contributed by atoms with van der Waals surface area (Å²) >= 11 is 6.50. The van der Waals surface area contributed by atoms with Crippen molar-refractivity contribution >= 4 is 38.6 Å². The fraction of sp³-hybridized carbons (Fsp3) is 0.667. The Bertz CT molecular complexity index is 652. The zero-order valence-electron chi connectivity index (χ0n) is 11.8. The van der Waals surface area contributed by atoms with Crippen LogP contribution in [-0.4, -0.2) is 30.7 Å². The third-order valence-corrected chi connectivity index (χ3v) is 7.97. The number of sulfonamides is 1. The van der Waals surface area contributed by atoms with Crippen molar-refractivity contribution in [3.63, 3.8) is 0 Å². The SMILES string of the molecule is CCC1(CC)CCN(S(=O)(=O)c2cc([N+](=O)[O-])c(Cl)s2)C1. The Kier molecular flexibility index (Phi) is 4.63. The van der Waals surface area contributed by atoms with E-state index in [4.69, 9.17) is 11.6 Å². The van der Waals surface area contributed by atoms with E-state index in [2.05, 4.69) is 13.8 Å². The summed E-state index contributed by atoms with van der Waals surface area (Å²) in [6.45, 7) is 5.04. The van der Waals surface area contributed by atoms with Crippen molar-refractivity contribution in [3.05, 3.63) is 20.5 Å². The Morgan fingerprint density at radius 2 is 2.10 bits per heavy atom. The highest BCUT2D eigenvalue weighted by Gasteiger charge is 2.41. The average Bonchev–Trinajstić information content (AvgIpc) is 3.03. The lowest BCUT2D eigenvalue weighted by Crippen LogP contribution is -2.31. The number of nitro groups is 1. The van der Waals surface area contributed by atoms with Gasteiger partial charge in [0.25, 0.3) is 15.7 Å². The van der Waals surface area contributed by atoms with Crippen LogP contribution in [-0.2, 0) is 10.0 Å². The van der Waals surface area contributed by atoms with Crippen molar-refractivity contribution in [1.82, 2.24) is 4.31 Å². The summed E-state index contributed by atoms with van der Waals surface area (Å²) in [5, 5.41) is 10.8. The molecule has 0 spiro atoms. The summed E-state index contributed by atoms with van der Waals surface area (Å²) in [5.41, 5.74) is -0.336. The molecule has 0 atom stereocenters. The standard InChI is InChI=1S/C12H17ClN2O4S2/c1-3-12(4-2)5-6-14(8-12)21(18,19)10-7-9(15(16)17)11(13)20-10/h7H,3-6,8H2,1-2H3. The third kappa shape index (κ3) is 2.94. The molecule has 0 aliphatic carbocycles. The molecule has 6 nitrogen and oxygen atoms in total. The summed E-state index contributed by atoms with van der Waals surface area (Å²) in [7, 11) is -3.70. The maximum Gasteiger partial charge on any atom is 0.300 e. The zero-order chi connectivity index (χ0) is 15.8. The molecule has 21 heavy (non-hydrogen) atoms. The summed E-state index contributed by atoms with van der Waals surface area (Å²) < 4.78 is 26.5. The van der Waals surface area contributed by atoms with Gasteiger partial charge in [-0.15, -0.1) is 11.3 Å². The lowest BCUT2D eigenvalue weighted by atomic mass is 9.82. The van der Waals surface area contributed by atoms with Gasteiger partial charge >= 0.3 is 0 Å². The van der Waals surface area contributed by atoms with Crippen LogP contribution < -0.4 is 0 Å². The first-order valence-corrected chi connectivity index (χ1v) is 9.33. The second kappa shape index (κ2) is 5.83. The number of hydrogen-bond acceptors (Lipinski definition) is 5. The Morgan fingerprint density at radius 3 is 2.52 bits per heavy atom. The molecule has 1 saturated heterocycles. The van der Waals surface area contributed by atoms with Crippen molar-refractivity contribution in [1.29, 1.82) is 0 Å². The highest BCUT2D eigenvalue weighted by molar-refractivity contribution is 7.91. The fourth-order valence-electron chi connectivity index (χ4n) is 2.64. The smallest absolute Gasteiger partial charge is 0.258 e. The molecule has 0 saturated carbocycles. The van der Waals surface area contributed by atoms with Crippen LogP contribution in [0, 0.1) is 15.5 Å². The van der Waals surface area contributed by atoms with E-state index in [0.717, 1.165) is 36.7 Å². The number of nitrogens with zero attached hydrogens (tertiary/aromatic N) is 2. The van der Waals surface area contributed by atoms with Crippen molar-refractivity contribution in [2.24, 2.45) is 5.41 Å². The van der Waals surface area contributed by atoms with Gasteiger partial charge in [0.2, 0.25) is 0 Å². The number of rotatable bonds is 5. The van der Waals surface area contributed by atoms with Crippen molar-refractivity contribution in [2.75, 3.05) is 13.1 Å². The van der Waals surface area contributed by atoms with E-state index < -0.39 is 14.9 Å². The largest absolute Gasteiger partial charge is 0.300 e. The minimum atomic E-state index is -3.70. The van der Waals surface area contributed by atoms with Gasteiger partial charge in [0.15, 0.2) is 4.34 Å². The fourth-order valence-corrected chi connectivity index (χ4v) is 6.02. The van der Waals surface area contributed by atoms with Crippen LogP contribution in [0.2, 0.25) is 4.34 Å². The Labute approximate surface area is 132 Å². The van der Waals surface area contributed by atoms with E-state index >= 15 is 0 Å². The molecule has 0 unspecified atom stereocenters. The second-order valence-corrected chi connectivity index (χ2v) is 9.10. The molecule has 1 aromatic heterocycles. The van der Waals surface area contributed by atoms with Crippen LogP contribution in [0.5, 0.6) is 0 Å². The molecule has 2 heterocycles. The molecule has 0 N–H and O–H groups in total. The maximum atomic E-state index is 12.6. The topological polar surface area (TPSA) is 80.5 Å². The minimum absolute atomic E-state index is 0.0139. The summed E-state index contributed by atoms with van der Waals surface area (Å²) in [5.74, 6) is 0. The Balaban J connectivity index is 2.32. The van der Waals surface area contributed by atoms with Crippen LogP contribution in [0.1, 0.15) is 33.1 Å². The lowest BCUT2D eigenvalue weighted by molar-refractivity contribution is -0.384. The predicted octanol–water partition coefficient (Wildman–Crippen LogP) is 3.51. The third-order valence-electron chi connectivity index (χ3n) is 4.34. The predicted molar refractivity (Wildman–Crippen MR) is 82.4 cm³/mol. The normalized spacial score (nSPS) is 19.0. The van der Waals surface area contributed by atoms with Crippen molar-refractivity contribution in [2.45, 2.75) is 37.3 Å². The van der Waals surface area contributed by atoms with E-state index in [9.17, 15) is 18.5 Å². The molecule has 1 aliphatic rings. The summed E-state index contributed by atoms with van der Waals surface area (Å²) in [4.78, 5) is 10.1. The van der Waals surface area contributed by atoms with Gasteiger partial charge in [0.1, 0.15) is 4.21 Å². The maximum absolute atomic E-state index is 12.6. The van der Waals surface area contributed by atoms with Crippen LogP contribution in [0.15, 0.2) is 10.3 Å². The number of thiophene rings is 1. The zero-order valence-corrected chi connectivity index (χ0v) is 14.2. The average molecular weight is 353 g/mol. The summed E-state index contributed by atoms with van der Waals surface area (Å²) in [6.07, 6.45) is 2.65. The molecule has 0 radical (unpaired) electrons. The quantitative estimate of drug-likeness (QED) is 0.599. The Morgan fingerprint density at radius 1 is 1.48 bits per heavy atom. The molecular weight excluding hydrogens is 336 g/mol. The van der Waals surface area contributed by atoms with Gasteiger partial charge in [0, 0.05) is 19.2 Å². The summed E-state index contributed by atoms with van der Waals surface area (Å²) in [6, 6.07) is 1.06. The van der Waals surface area contributed by atoms with Gasteiger partial charge in [0.05, 0.1) is 4.92 Å². The number of halogens is 1. The molecule has 1 fully saturated rings. The number of hydrogen-bond donors (Lipinski definition) is 0. The first kappa shape index (κ1) is 16.7. The van der Waals surface area contributed by atoms with Crippen LogP contribution in [0.3, 0.4) is 0 Å². The van der Waals surface area contributed by atoms with Gasteiger partial charge in [-0.3, -0.25) is 10.1 Å². The molecular formula is C12H17ClN2O4S2. The highest BCUT2D eigenvalue weighted by Crippen LogP contribution is 2.42. The Hall–Kier alpha value is -0.700. The first-order chi connectivity index (χ1) is 9.75. The monoisotopic (exact) mass is 352 g/mol. The van der Waals surface area contributed by atoms with E-state index in [1.807, 2.05) is 0 Å². The van der Waals surface area contributed by atoms with Gasteiger partial charge in [-0.05, 0) is 24.7 Å². The van der Waals surface area contributed by atoms with Crippen molar-refractivity contribution < 1.29 is 13.3 Å². The highest BCUT2D eigenvalue weighted by atomic mass is 35.5. The molecule has 0 amide bonds. The second-order valence-electron chi connectivity index (χ2n) is 5.28.